The first-order chi connectivity index (χ1) is 10.5. The van der Waals surface area contributed by atoms with Gasteiger partial charge in [0, 0.05) is 4.88 Å². The predicted molar refractivity (Wildman–Crippen MR) is 92.1 cm³/mol. The molecule has 0 saturated heterocycles. The van der Waals surface area contributed by atoms with E-state index in [1.54, 1.807) is 6.07 Å². The summed E-state index contributed by atoms with van der Waals surface area (Å²) in [5.41, 5.74) is 1.27. The van der Waals surface area contributed by atoms with E-state index in [-0.39, 0.29) is 12.4 Å². The fourth-order valence-electron chi connectivity index (χ4n) is 2.54. The van der Waals surface area contributed by atoms with Crippen LogP contribution in [-0.4, -0.2) is 18.4 Å². The Kier molecular flexibility index (Phi) is 4.80. The number of Topliss-reactive ketones (excluding diaryl/α,β-unsaturated/α-hetero) is 1. The number of hydrogen-bond acceptors (Lipinski definition) is 5. The molecule has 0 N–H and O–H groups in total. The molecular formula is C16H15BrO3S2. The van der Waals surface area contributed by atoms with Crippen LogP contribution in [0.25, 0.3) is 0 Å². The quantitative estimate of drug-likeness (QED) is 0.551. The van der Waals surface area contributed by atoms with Crippen LogP contribution in [0.3, 0.4) is 0 Å². The highest BCUT2D eigenvalue weighted by atomic mass is 79.9. The molecule has 2 aromatic heterocycles. The van der Waals surface area contributed by atoms with Gasteiger partial charge in [-0.1, -0.05) is 6.92 Å². The van der Waals surface area contributed by atoms with Crippen molar-refractivity contribution in [3.05, 3.63) is 42.2 Å². The minimum absolute atomic E-state index is 0.168. The fraction of sp³-hybridized carbons (Fsp3) is 0.375. The van der Waals surface area contributed by atoms with Gasteiger partial charge in [0.05, 0.1) is 8.66 Å². The molecule has 116 valence electrons. The predicted octanol–water partition coefficient (Wildman–Crippen LogP) is 4.74. The molecule has 0 aliphatic heterocycles. The van der Waals surface area contributed by atoms with Gasteiger partial charge in [0.25, 0.3) is 0 Å². The summed E-state index contributed by atoms with van der Waals surface area (Å²) in [7, 11) is 0. The summed E-state index contributed by atoms with van der Waals surface area (Å²) in [5.74, 6) is 0.111. The van der Waals surface area contributed by atoms with Crippen molar-refractivity contribution in [1.82, 2.24) is 0 Å². The van der Waals surface area contributed by atoms with E-state index >= 15 is 0 Å². The molecule has 0 spiro atoms. The number of ether oxygens (including phenoxy) is 1. The van der Waals surface area contributed by atoms with Crippen molar-refractivity contribution >= 4 is 50.4 Å². The summed E-state index contributed by atoms with van der Waals surface area (Å²) in [5, 5.41) is 0. The summed E-state index contributed by atoms with van der Waals surface area (Å²) in [6.45, 7) is 2.03. The molecule has 3 rings (SSSR count). The van der Waals surface area contributed by atoms with Crippen molar-refractivity contribution in [2.45, 2.75) is 26.2 Å². The minimum Gasteiger partial charge on any atom is -0.453 e. The molecule has 2 heterocycles. The Balaban J connectivity index is 1.62. The maximum Gasteiger partial charge on any atom is 0.348 e. The number of halogens is 1. The molecule has 2 aromatic rings. The molecule has 1 atom stereocenters. The summed E-state index contributed by atoms with van der Waals surface area (Å²) < 4.78 is 6.06. The summed E-state index contributed by atoms with van der Waals surface area (Å²) >= 11 is 6.17. The Labute approximate surface area is 145 Å². The van der Waals surface area contributed by atoms with Crippen molar-refractivity contribution in [3.8, 4) is 0 Å². The normalized spacial score (nSPS) is 17.1. The lowest BCUT2D eigenvalue weighted by Gasteiger charge is -2.16. The van der Waals surface area contributed by atoms with Gasteiger partial charge in [0.1, 0.15) is 4.88 Å². The van der Waals surface area contributed by atoms with Crippen LogP contribution in [0.15, 0.2) is 22.0 Å². The van der Waals surface area contributed by atoms with Crippen molar-refractivity contribution < 1.29 is 14.3 Å². The Bertz CT molecular complexity index is 717. The van der Waals surface area contributed by atoms with E-state index in [0.29, 0.717) is 15.7 Å². The van der Waals surface area contributed by atoms with E-state index in [4.69, 9.17) is 4.74 Å². The number of thiophene rings is 2. The summed E-state index contributed by atoms with van der Waals surface area (Å²) in [6, 6.07) is 5.48. The van der Waals surface area contributed by atoms with E-state index in [1.807, 2.05) is 12.1 Å². The average molecular weight is 399 g/mol. The van der Waals surface area contributed by atoms with Crippen molar-refractivity contribution in [3.63, 3.8) is 0 Å². The van der Waals surface area contributed by atoms with Gasteiger partial charge >= 0.3 is 5.97 Å². The first-order valence-electron chi connectivity index (χ1n) is 7.10. The van der Waals surface area contributed by atoms with E-state index < -0.39 is 5.97 Å². The molecular weight excluding hydrogens is 384 g/mol. The SMILES string of the molecule is CC1CCc2sc(C(=O)OCC(=O)c3ccc(Br)s3)cc2C1. The second-order valence-corrected chi connectivity index (χ2v) is 9.11. The Hall–Kier alpha value is -0.980. The number of carbonyl (C=O) groups excluding carboxylic acids is 2. The van der Waals surface area contributed by atoms with Crippen LogP contribution in [-0.2, 0) is 17.6 Å². The number of ketones is 1. The van der Waals surface area contributed by atoms with Gasteiger partial charge in [-0.05, 0) is 64.9 Å². The molecule has 0 aromatic carbocycles. The molecule has 1 aliphatic rings. The van der Waals surface area contributed by atoms with Crippen molar-refractivity contribution in [2.24, 2.45) is 5.92 Å². The third-order valence-electron chi connectivity index (χ3n) is 3.71. The van der Waals surface area contributed by atoms with Gasteiger partial charge < -0.3 is 4.74 Å². The van der Waals surface area contributed by atoms with E-state index in [2.05, 4.69) is 22.9 Å². The first kappa shape index (κ1) is 15.9. The van der Waals surface area contributed by atoms with Gasteiger partial charge in [-0.15, -0.1) is 22.7 Å². The van der Waals surface area contributed by atoms with Crippen LogP contribution < -0.4 is 0 Å². The van der Waals surface area contributed by atoms with Crippen molar-refractivity contribution in [2.75, 3.05) is 6.61 Å². The highest BCUT2D eigenvalue weighted by Crippen LogP contribution is 2.32. The van der Waals surface area contributed by atoms with Crippen LogP contribution >= 0.6 is 38.6 Å². The molecule has 6 heteroatoms. The lowest BCUT2D eigenvalue weighted by Crippen LogP contribution is -2.12. The third-order valence-corrected chi connectivity index (χ3v) is 6.59. The van der Waals surface area contributed by atoms with Crippen LogP contribution in [0.5, 0.6) is 0 Å². The van der Waals surface area contributed by atoms with Crippen LogP contribution in [0, 0.1) is 5.92 Å². The number of carbonyl (C=O) groups is 2. The standard InChI is InChI=1S/C16H15BrO3S2/c1-9-2-3-12-10(6-9)7-14(21-12)16(19)20-8-11(18)13-4-5-15(17)22-13/h4-5,7,9H,2-3,6,8H2,1H3. The van der Waals surface area contributed by atoms with Crippen LogP contribution in [0.4, 0.5) is 0 Å². The van der Waals surface area contributed by atoms with Crippen molar-refractivity contribution in [1.29, 1.82) is 0 Å². The number of fused-ring (bicyclic) bond motifs is 1. The Morgan fingerprint density at radius 3 is 2.86 bits per heavy atom. The molecule has 0 bridgehead atoms. The van der Waals surface area contributed by atoms with Crippen LogP contribution in [0.1, 0.15) is 43.1 Å². The fourth-order valence-corrected chi connectivity index (χ4v) is 4.96. The number of hydrogen-bond donors (Lipinski definition) is 0. The molecule has 0 fully saturated rings. The second kappa shape index (κ2) is 6.64. The van der Waals surface area contributed by atoms with Gasteiger partial charge in [0.2, 0.25) is 5.78 Å². The average Bonchev–Trinajstić information content (AvgIpc) is 3.10. The van der Waals surface area contributed by atoms with Gasteiger partial charge in [0.15, 0.2) is 6.61 Å². The zero-order valence-corrected chi connectivity index (χ0v) is 15.3. The molecule has 1 aliphatic carbocycles. The minimum atomic E-state index is -0.393. The number of esters is 1. The lowest BCUT2D eigenvalue weighted by molar-refractivity contribution is 0.0480. The molecule has 0 radical (unpaired) electrons. The van der Waals surface area contributed by atoms with Gasteiger partial charge in [-0.3, -0.25) is 4.79 Å². The molecule has 22 heavy (non-hydrogen) atoms. The first-order valence-corrected chi connectivity index (χ1v) is 9.53. The maximum absolute atomic E-state index is 12.1. The zero-order chi connectivity index (χ0) is 15.7. The monoisotopic (exact) mass is 398 g/mol. The van der Waals surface area contributed by atoms with Gasteiger partial charge in [-0.25, -0.2) is 4.79 Å². The molecule has 0 saturated carbocycles. The topological polar surface area (TPSA) is 43.4 Å². The highest BCUT2D eigenvalue weighted by molar-refractivity contribution is 9.11. The number of aryl methyl sites for hydroxylation is 1. The van der Waals surface area contributed by atoms with E-state index in [0.717, 1.165) is 16.6 Å². The largest absolute Gasteiger partial charge is 0.453 e. The van der Waals surface area contributed by atoms with E-state index in [9.17, 15) is 9.59 Å². The smallest absolute Gasteiger partial charge is 0.348 e. The third kappa shape index (κ3) is 3.50. The van der Waals surface area contributed by atoms with E-state index in [1.165, 1.54) is 39.5 Å². The maximum atomic E-state index is 12.1. The highest BCUT2D eigenvalue weighted by Gasteiger charge is 2.22. The molecule has 3 nitrogen and oxygen atoms in total. The summed E-state index contributed by atoms with van der Waals surface area (Å²) in [4.78, 5) is 26.6. The lowest BCUT2D eigenvalue weighted by atomic mass is 9.90. The Morgan fingerprint density at radius 1 is 1.32 bits per heavy atom. The van der Waals surface area contributed by atoms with Crippen LogP contribution in [0.2, 0.25) is 0 Å². The Morgan fingerprint density at radius 2 is 2.14 bits per heavy atom. The second-order valence-electron chi connectivity index (χ2n) is 5.51. The molecule has 0 amide bonds. The molecule has 1 unspecified atom stereocenters. The zero-order valence-electron chi connectivity index (χ0n) is 12.1. The number of rotatable bonds is 4. The van der Waals surface area contributed by atoms with Gasteiger partial charge in [-0.2, -0.15) is 0 Å². The summed E-state index contributed by atoms with van der Waals surface area (Å²) in [6.07, 6.45) is 3.24.